The number of rotatable bonds is 1. The molecule has 1 aliphatic carbocycles. The Balaban J connectivity index is 2.15. The summed E-state index contributed by atoms with van der Waals surface area (Å²) in [6.07, 6.45) is 4.83. The van der Waals surface area contributed by atoms with Gasteiger partial charge in [0.25, 0.3) is 0 Å². The molecule has 14 heavy (non-hydrogen) atoms. The van der Waals surface area contributed by atoms with Crippen molar-refractivity contribution in [1.82, 2.24) is 4.90 Å². The summed E-state index contributed by atoms with van der Waals surface area (Å²) in [6.45, 7) is 0.864. The van der Waals surface area contributed by atoms with Crippen molar-refractivity contribution in [1.29, 1.82) is 0 Å². The number of ether oxygens (including phenoxy) is 1. The van der Waals surface area contributed by atoms with E-state index >= 15 is 0 Å². The Hall–Kier alpha value is -1.03. The van der Waals surface area contributed by atoms with Crippen LogP contribution in [-0.2, 0) is 4.74 Å². The van der Waals surface area contributed by atoms with Gasteiger partial charge in [0.15, 0.2) is 0 Å². The van der Waals surface area contributed by atoms with Crippen LogP contribution in [0.1, 0.15) is 6.42 Å². The molecule has 0 radical (unpaired) electrons. The maximum absolute atomic E-state index is 11.4. The van der Waals surface area contributed by atoms with Crippen LogP contribution in [0.4, 0.5) is 4.79 Å². The van der Waals surface area contributed by atoms with Crippen LogP contribution in [0.3, 0.4) is 0 Å². The lowest BCUT2D eigenvalue weighted by Gasteiger charge is -2.44. The average molecular weight is 197 g/mol. The highest BCUT2D eigenvalue weighted by Crippen LogP contribution is 2.34. The number of amides is 1. The Bertz CT molecular complexity index is 264. The first-order chi connectivity index (χ1) is 6.76. The van der Waals surface area contributed by atoms with Gasteiger partial charge in [0.05, 0.1) is 13.2 Å². The highest BCUT2D eigenvalue weighted by molar-refractivity contribution is 5.68. The van der Waals surface area contributed by atoms with Crippen LogP contribution in [0.5, 0.6) is 0 Å². The number of carbonyl (C=O) groups is 1. The largest absolute Gasteiger partial charge is 0.453 e. The number of methoxy groups -OCH3 is 1. The van der Waals surface area contributed by atoms with Gasteiger partial charge in [-0.2, -0.15) is 0 Å². The zero-order chi connectivity index (χ0) is 10.1. The Kier molecular flexibility index (Phi) is 2.46. The normalized spacial score (nSPS) is 34.7. The molecular formula is C10H15NO3. The summed E-state index contributed by atoms with van der Waals surface area (Å²) in [4.78, 5) is 13.1. The molecule has 1 N–H and O–H groups in total. The van der Waals surface area contributed by atoms with Gasteiger partial charge in [-0.15, -0.1) is 0 Å². The second-order valence-electron chi connectivity index (χ2n) is 3.94. The van der Waals surface area contributed by atoms with Crippen LogP contribution in [0.15, 0.2) is 12.2 Å². The maximum atomic E-state index is 11.4. The fourth-order valence-corrected chi connectivity index (χ4v) is 2.40. The minimum Gasteiger partial charge on any atom is -0.453 e. The molecule has 1 fully saturated rings. The lowest BCUT2D eigenvalue weighted by Crippen LogP contribution is -2.53. The molecule has 3 unspecified atom stereocenters. The van der Waals surface area contributed by atoms with E-state index in [2.05, 4.69) is 6.08 Å². The molecule has 0 spiro atoms. The fourth-order valence-electron chi connectivity index (χ4n) is 2.40. The molecule has 4 nitrogen and oxygen atoms in total. The molecule has 3 rings (SSSR count). The minimum atomic E-state index is -0.289. The number of nitrogens with zero attached hydrogens (tertiary/aromatic N) is 1. The maximum Gasteiger partial charge on any atom is 0.410 e. The van der Waals surface area contributed by atoms with Gasteiger partial charge < -0.3 is 14.7 Å². The molecule has 2 heterocycles. The van der Waals surface area contributed by atoms with E-state index < -0.39 is 0 Å². The summed E-state index contributed by atoms with van der Waals surface area (Å²) in [6, 6.07) is 0.0254. The molecule has 3 aliphatic rings. The Morgan fingerprint density at radius 3 is 3.00 bits per heavy atom. The highest BCUT2D eigenvalue weighted by Gasteiger charge is 2.39. The van der Waals surface area contributed by atoms with E-state index in [4.69, 9.17) is 4.74 Å². The van der Waals surface area contributed by atoms with E-state index in [0.717, 1.165) is 13.0 Å². The molecule has 0 saturated carbocycles. The Morgan fingerprint density at radius 2 is 2.43 bits per heavy atom. The van der Waals surface area contributed by atoms with Crippen molar-refractivity contribution in [2.75, 3.05) is 20.3 Å². The molecule has 2 aliphatic heterocycles. The van der Waals surface area contributed by atoms with Gasteiger partial charge in [-0.25, -0.2) is 4.79 Å². The monoisotopic (exact) mass is 197 g/mol. The standard InChI is InChI=1S/C10H15NO3/c1-14-10(13)11-5-7-2-3-9(11)8(4-7)6-12/h2-3,7-9,12H,4-6H2,1H3. The fraction of sp³-hybridized carbons (Fsp3) is 0.700. The number of aliphatic hydroxyl groups is 1. The summed E-state index contributed by atoms with van der Waals surface area (Å²) in [7, 11) is 1.39. The van der Waals surface area contributed by atoms with E-state index in [1.807, 2.05) is 6.08 Å². The first kappa shape index (κ1) is 9.52. The zero-order valence-corrected chi connectivity index (χ0v) is 8.22. The van der Waals surface area contributed by atoms with Crippen molar-refractivity contribution in [2.24, 2.45) is 11.8 Å². The highest BCUT2D eigenvalue weighted by atomic mass is 16.5. The SMILES string of the molecule is COC(=O)N1CC2C=CC1C(CO)C2. The molecule has 1 saturated heterocycles. The van der Waals surface area contributed by atoms with Gasteiger partial charge in [0.1, 0.15) is 0 Å². The number of fused-ring (bicyclic) bond motifs is 2. The Labute approximate surface area is 83.2 Å². The molecular weight excluding hydrogens is 182 g/mol. The summed E-state index contributed by atoms with van der Waals surface area (Å²) in [5, 5.41) is 9.17. The molecule has 0 aromatic heterocycles. The zero-order valence-electron chi connectivity index (χ0n) is 8.22. The molecule has 4 heteroatoms. The number of hydrogen-bond donors (Lipinski definition) is 1. The Morgan fingerprint density at radius 1 is 1.64 bits per heavy atom. The van der Waals surface area contributed by atoms with Crippen LogP contribution in [-0.4, -0.2) is 42.4 Å². The molecule has 2 bridgehead atoms. The van der Waals surface area contributed by atoms with Crippen LogP contribution in [0.25, 0.3) is 0 Å². The average Bonchev–Trinajstić information content (AvgIpc) is 2.28. The first-order valence-electron chi connectivity index (χ1n) is 4.90. The van der Waals surface area contributed by atoms with Crippen LogP contribution in [0.2, 0.25) is 0 Å². The van der Waals surface area contributed by atoms with Gasteiger partial charge in [-0.05, 0) is 12.3 Å². The quantitative estimate of drug-likeness (QED) is 0.627. The first-order valence-corrected chi connectivity index (χ1v) is 4.90. The number of carbonyl (C=O) groups excluding carboxylic acids is 1. The minimum absolute atomic E-state index is 0.0254. The summed E-state index contributed by atoms with van der Waals surface area (Å²) in [5.41, 5.74) is 0. The molecule has 0 aromatic carbocycles. The van der Waals surface area contributed by atoms with Crippen molar-refractivity contribution < 1.29 is 14.6 Å². The second kappa shape index (κ2) is 3.61. The van der Waals surface area contributed by atoms with E-state index in [1.54, 1.807) is 4.90 Å². The van der Waals surface area contributed by atoms with Crippen molar-refractivity contribution in [3.8, 4) is 0 Å². The molecule has 1 amide bonds. The van der Waals surface area contributed by atoms with Gasteiger partial charge in [-0.3, -0.25) is 0 Å². The third-order valence-corrected chi connectivity index (χ3v) is 3.10. The van der Waals surface area contributed by atoms with Crippen LogP contribution >= 0.6 is 0 Å². The van der Waals surface area contributed by atoms with E-state index in [-0.39, 0.29) is 24.7 Å². The topological polar surface area (TPSA) is 49.8 Å². The third kappa shape index (κ3) is 1.39. The van der Waals surface area contributed by atoms with E-state index in [0.29, 0.717) is 5.92 Å². The van der Waals surface area contributed by atoms with Gasteiger partial charge >= 0.3 is 6.09 Å². The summed E-state index contributed by atoms with van der Waals surface area (Å²) >= 11 is 0. The number of aliphatic hydroxyl groups excluding tert-OH is 1. The third-order valence-electron chi connectivity index (χ3n) is 3.10. The predicted octanol–water partition coefficient (Wildman–Crippen LogP) is 0.622. The van der Waals surface area contributed by atoms with Crippen LogP contribution < -0.4 is 0 Å². The smallest absolute Gasteiger partial charge is 0.410 e. The van der Waals surface area contributed by atoms with E-state index in [1.165, 1.54) is 7.11 Å². The lowest BCUT2D eigenvalue weighted by molar-refractivity contribution is 0.0410. The molecule has 78 valence electrons. The summed E-state index contributed by atoms with van der Waals surface area (Å²) < 4.78 is 4.71. The molecule has 0 aromatic rings. The van der Waals surface area contributed by atoms with Crippen molar-refractivity contribution in [3.05, 3.63) is 12.2 Å². The van der Waals surface area contributed by atoms with Crippen LogP contribution in [0, 0.1) is 11.8 Å². The number of hydrogen-bond acceptors (Lipinski definition) is 3. The van der Waals surface area contributed by atoms with Gasteiger partial charge in [0, 0.05) is 19.1 Å². The summed E-state index contributed by atoms with van der Waals surface area (Å²) in [5.74, 6) is 0.564. The second-order valence-corrected chi connectivity index (χ2v) is 3.94. The van der Waals surface area contributed by atoms with Gasteiger partial charge in [0.2, 0.25) is 0 Å². The van der Waals surface area contributed by atoms with Crippen molar-refractivity contribution in [3.63, 3.8) is 0 Å². The number of piperidine rings is 1. The predicted molar refractivity (Wildman–Crippen MR) is 50.7 cm³/mol. The lowest BCUT2D eigenvalue weighted by atomic mass is 9.78. The van der Waals surface area contributed by atoms with Crippen molar-refractivity contribution >= 4 is 6.09 Å². The van der Waals surface area contributed by atoms with E-state index in [9.17, 15) is 9.90 Å². The van der Waals surface area contributed by atoms with Gasteiger partial charge in [-0.1, -0.05) is 12.2 Å². The van der Waals surface area contributed by atoms with Crippen molar-refractivity contribution in [2.45, 2.75) is 12.5 Å². The molecule has 3 atom stereocenters.